The second-order valence-corrected chi connectivity index (χ2v) is 10.8. The van der Waals surface area contributed by atoms with Crippen LogP contribution in [0.15, 0.2) is 99.3 Å². The summed E-state index contributed by atoms with van der Waals surface area (Å²) in [7, 11) is 0. The zero-order valence-corrected chi connectivity index (χ0v) is 23.7. The summed E-state index contributed by atoms with van der Waals surface area (Å²) in [6.07, 6.45) is 15.0. The molecule has 0 radical (unpaired) electrons. The van der Waals surface area contributed by atoms with Crippen molar-refractivity contribution >= 4 is 17.5 Å². The first kappa shape index (κ1) is 27.8. The van der Waals surface area contributed by atoms with Crippen LogP contribution in [0.4, 0.5) is 4.39 Å². The lowest BCUT2D eigenvalue weighted by molar-refractivity contribution is 0.211. The molecule has 3 aliphatic heterocycles. The molecule has 1 atom stereocenters. The van der Waals surface area contributed by atoms with E-state index < -0.39 is 0 Å². The van der Waals surface area contributed by atoms with Gasteiger partial charge in [0.15, 0.2) is 0 Å². The molecule has 0 saturated carbocycles. The van der Waals surface area contributed by atoms with E-state index >= 15 is 0 Å². The molecule has 1 unspecified atom stereocenters. The summed E-state index contributed by atoms with van der Waals surface area (Å²) < 4.78 is 26.5. The average molecular weight is 539 g/mol. The number of hydrogen-bond acceptors (Lipinski definition) is 4. The van der Waals surface area contributed by atoms with Gasteiger partial charge in [-0.3, -0.25) is 9.98 Å². The van der Waals surface area contributed by atoms with Gasteiger partial charge in [-0.2, -0.15) is 0 Å². The van der Waals surface area contributed by atoms with Crippen LogP contribution in [0.5, 0.6) is 5.75 Å². The van der Waals surface area contributed by atoms with Gasteiger partial charge in [-0.05, 0) is 85.9 Å². The number of hydrogen-bond donors (Lipinski definition) is 0. The van der Waals surface area contributed by atoms with Crippen LogP contribution in [0, 0.1) is 11.7 Å². The third-order valence-corrected chi connectivity index (χ3v) is 7.65. The number of rotatable bonds is 8. The molecular formula is C35H39FN2O2. The van der Waals surface area contributed by atoms with Gasteiger partial charge in [-0.15, -0.1) is 0 Å². The molecule has 0 amide bonds. The molecule has 40 heavy (non-hydrogen) atoms. The highest BCUT2D eigenvalue weighted by Gasteiger charge is 2.20. The monoisotopic (exact) mass is 538 g/mol. The SMILES string of the molecule is CCCCOc1ccc(C2=C(C)COC(CC3CCC=C4N=C(c5ccccc5F)CCC=C4C=NC3)=C2)cc1. The first-order chi connectivity index (χ1) is 19.6. The van der Waals surface area contributed by atoms with Gasteiger partial charge in [0.1, 0.15) is 18.2 Å². The Morgan fingerprint density at radius 3 is 2.73 bits per heavy atom. The van der Waals surface area contributed by atoms with Crippen LogP contribution in [0.2, 0.25) is 0 Å². The summed E-state index contributed by atoms with van der Waals surface area (Å²) in [5.74, 6) is 2.08. The maximum atomic E-state index is 14.5. The number of benzene rings is 2. The summed E-state index contributed by atoms with van der Waals surface area (Å²) in [5.41, 5.74) is 6.98. The zero-order valence-electron chi connectivity index (χ0n) is 23.7. The molecule has 0 aliphatic carbocycles. The summed E-state index contributed by atoms with van der Waals surface area (Å²) >= 11 is 0. The second kappa shape index (κ2) is 13.6. The molecule has 0 saturated heterocycles. The number of fused-ring (bicyclic) bond motifs is 1. The number of halogens is 1. The van der Waals surface area contributed by atoms with Crippen molar-refractivity contribution in [1.82, 2.24) is 0 Å². The van der Waals surface area contributed by atoms with Crippen molar-refractivity contribution in [2.24, 2.45) is 15.9 Å². The molecule has 3 aliphatic rings. The Kier molecular flexibility index (Phi) is 9.43. The van der Waals surface area contributed by atoms with Crippen molar-refractivity contribution in [3.05, 3.63) is 106 Å². The molecule has 5 heteroatoms. The third kappa shape index (κ3) is 7.07. The lowest BCUT2D eigenvalue weighted by Gasteiger charge is -2.23. The predicted octanol–water partition coefficient (Wildman–Crippen LogP) is 8.66. The minimum atomic E-state index is -0.220. The highest BCUT2D eigenvalue weighted by molar-refractivity contribution is 6.03. The largest absolute Gasteiger partial charge is 0.494 e. The molecular weight excluding hydrogens is 499 g/mol. The van der Waals surface area contributed by atoms with E-state index in [1.807, 2.05) is 18.3 Å². The van der Waals surface area contributed by atoms with E-state index in [0.717, 1.165) is 80.2 Å². The van der Waals surface area contributed by atoms with Gasteiger partial charge >= 0.3 is 0 Å². The summed E-state index contributed by atoms with van der Waals surface area (Å²) in [6, 6.07) is 15.3. The van der Waals surface area contributed by atoms with Crippen molar-refractivity contribution in [2.75, 3.05) is 19.8 Å². The molecule has 2 aromatic rings. The minimum absolute atomic E-state index is 0.220. The van der Waals surface area contributed by atoms with E-state index in [2.05, 4.69) is 56.3 Å². The molecule has 4 nitrogen and oxygen atoms in total. The maximum absolute atomic E-state index is 14.5. The minimum Gasteiger partial charge on any atom is -0.494 e. The Bertz CT molecular complexity index is 1380. The molecule has 0 spiro atoms. The van der Waals surface area contributed by atoms with Gasteiger partial charge < -0.3 is 9.47 Å². The Labute approximate surface area is 237 Å². The van der Waals surface area contributed by atoms with Crippen LogP contribution in [-0.2, 0) is 4.74 Å². The van der Waals surface area contributed by atoms with E-state index in [9.17, 15) is 4.39 Å². The van der Waals surface area contributed by atoms with Crippen molar-refractivity contribution in [3.8, 4) is 5.75 Å². The summed E-state index contributed by atoms with van der Waals surface area (Å²) in [5, 5.41) is 0. The number of aliphatic imine (C=N–C) groups is 2. The van der Waals surface area contributed by atoms with Crippen LogP contribution in [-0.4, -0.2) is 31.7 Å². The number of unbranched alkanes of at least 4 members (excludes halogenated alkanes) is 1. The quantitative estimate of drug-likeness (QED) is 0.316. The number of ether oxygens (including phenoxy) is 2. The fraction of sp³-hybridized carbons (Fsp3) is 0.371. The lowest BCUT2D eigenvalue weighted by atomic mass is 9.93. The fourth-order valence-corrected chi connectivity index (χ4v) is 5.32. The molecule has 3 heterocycles. The second-order valence-electron chi connectivity index (χ2n) is 10.8. The van der Waals surface area contributed by atoms with Crippen molar-refractivity contribution in [2.45, 2.75) is 58.8 Å². The Morgan fingerprint density at radius 2 is 1.90 bits per heavy atom. The summed E-state index contributed by atoms with van der Waals surface area (Å²) in [6.45, 7) is 6.41. The van der Waals surface area contributed by atoms with E-state index in [4.69, 9.17) is 19.5 Å². The fourth-order valence-electron chi connectivity index (χ4n) is 5.32. The Balaban J connectivity index is 1.27. The van der Waals surface area contributed by atoms with E-state index in [1.54, 1.807) is 6.07 Å². The normalized spacial score (nSPS) is 19.5. The standard InChI is InChI=1S/C35H39FN2O2/c1-3-4-19-39-29-17-15-27(16-18-29)32-21-30(40-24-25(32)2)20-26-9-7-13-34-28(23-37-22-26)10-8-14-35(38-34)31-11-5-6-12-33(31)36/h5-6,10-13,15-18,21,23,26H,3-4,7-9,14,19-20,22,24H2,1-2H3. The number of nitrogens with zero attached hydrogens (tertiary/aromatic N) is 2. The van der Waals surface area contributed by atoms with Gasteiger partial charge in [0, 0.05) is 30.3 Å². The van der Waals surface area contributed by atoms with Gasteiger partial charge in [-0.1, -0.05) is 55.8 Å². The highest BCUT2D eigenvalue weighted by Crippen LogP contribution is 2.32. The van der Waals surface area contributed by atoms with E-state index in [1.165, 1.54) is 22.8 Å². The molecule has 0 aromatic heterocycles. The highest BCUT2D eigenvalue weighted by atomic mass is 19.1. The van der Waals surface area contributed by atoms with Gasteiger partial charge in [0.05, 0.1) is 23.8 Å². The van der Waals surface area contributed by atoms with Crippen LogP contribution in [0.25, 0.3) is 5.57 Å². The van der Waals surface area contributed by atoms with Crippen LogP contribution < -0.4 is 4.74 Å². The Morgan fingerprint density at radius 1 is 1.05 bits per heavy atom. The lowest BCUT2D eigenvalue weighted by Crippen LogP contribution is -2.12. The molecule has 0 N–H and O–H groups in total. The molecule has 5 rings (SSSR count). The zero-order chi connectivity index (χ0) is 27.7. The molecule has 0 fully saturated rings. The Hall–Kier alpha value is -3.73. The molecule has 0 bridgehead atoms. The first-order valence-corrected chi connectivity index (χ1v) is 14.6. The van der Waals surface area contributed by atoms with Gasteiger partial charge in [0.25, 0.3) is 0 Å². The van der Waals surface area contributed by atoms with Gasteiger partial charge in [-0.25, -0.2) is 4.39 Å². The van der Waals surface area contributed by atoms with E-state index in [0.29, 0.717) is 24.5 Å². The molecule has 208 valence electrons. The topological polar surface area (TPSA) is 43.2 Å². The van der Waals surface area contributed by atoms with Crippen molar-refractivity contribution in [3.63, 3.8) is 0 Å². The van der Waals surface area contributed by atoms with Crippen molar-refractivity contribution in [1.29, 1.82) is 0 Å². The van der Waals surface area contributed by atoms with Crippen molar-refractivity contribution < 1.29 is 13.9 Å². The maximum Gasteiger partial charge on any atom is 0.132 e. The van der Waals surface area contributed by atoms with E-state index in [-0.39, 0.29) is 5.82 Å². The predicted molar refractivity (Wildman–Crippen MR) is 163 cm³/mol. The van der Waals surface area contributed by atoms with Gasteiger partial charge in [0.2, 0.25) is 0 Å². The van der Waals surface area contributed by atoms with Crippen LogP contribution in [0.1, 0.15) is 69.9 Å². The summed E-state index contributed by atoms with van der Waals surface area (Å²) in [4.78, 5) is 9.74. The number of allylic oxidation sites excluding steroid dienone is 6. The average Bonchev–Trinajstić information content (AvgIpc) is 3.11. The van der Waals surface area contributed by atoms with Crippen LogP contribution in [0.3, 0.4) is 0 Å². The smallest absolute Gasteiger partial charge is 0.132 e. The van der Waals surface area contributed by atoms with Crippen LogP contribution >= 0.6 is 0 Å². The first-order valence-electron chi connectivity index (χ1n) is 14.6. The third-order valence-electron chi connectivity index (χ3n) is 7.65. The molecule has 2 aromatic carbocycles.